The van der Waals surface area contributed by atoms with E-state index in [1.807, 2.05) is 68.7 Å². The summed E-state index contributed by atoms with van der Waals surface area (Å²) in [6, 6.07) is 11.8. The van der Waals surface area contributed by atoms with Gasteiger partial charge in [-0.25, -0.2) is 4.79 Å². The molecule has 0 spiro atoms. The molecule has 0 aliphatic carbocycles. The second-order valence-corrected chi connectivity index (χ2v) is 7.42. The molecule has 0 saturated heterocycles. The van der Waals surface area contributed by atoms with E-state index in [1.165, 1.54) is 0 Å². The fourth-order valence-corrected chi connectivity index (χ4v) is 3.17. The first-order valence-electron chi connectivity index (χ1n) is 9.84. The summed E-state index contributed by atoms with van der Waals surface area (Å²) in [4.78, 5) is 18.0. The number of ether oxygens (including phenoxy) is 1. The number of hydrogen-bond acceptors (Lipinski definition) is 5. The van der Waals surface area contributed by atoms with Crippen LogP contribution in [0.4, 0.5) is 4.79 Å². The summed E-state index contributed by atoms with van der Waals surface area (Å²) in [5.74, 6) is 0.866. The van der Waals surface area contributed by atoms with Crippen LogP contribution in [0.15, 0.2) is 60.4 Å². The van der Waals surface area contributed by atoms with Gasteiger partial charge in [0.25, 0.3) is 0 Å². The highest BCUT2D eigenvalue weighted by Gasteiger charge is 2.26. The third kappa shape index (κ3) is 4.87. The Kier molecular flexibility index (Phi) is 5.81. The van der Waals surface area contributed by atoms with E-state index < -0.39 is 0 Å². The van der Waals surface area contributed by atoms with Gasteiger partial charge in [-0.2, -0.15) is 0 Å². The Morgan fingerprint density at radius 3 is 2.77 bits per heavy atom. The molecule has 0 radical (unpaired) electrons. The molecule has 7 nitrogen and oxygen atoms in total. The molecule has 2 aromatic rings. The average molecular weight is 403 g/mol. The number of carbonyl (C=O) groups is 1. The number of pyridine rings is 1. The van der Waals surface area contributed by atoms with Gasteiger partial charge in [0.15, 0.2) is 0 Å². The van der Waals surface area contributed by atoms with Crippen molar-refractivity contribution < 1.29 is 9.53 Å². The summed E-state index contributed by atoms with van der Waals surface area (Å²) in [5, 5.41) is 8.82. The topological polar surface area (TPSA) is 78.5 Å². The number of hydrogen-bond donors (Lipinski definition) is 3. The van der Waals surface area contributed by atoms with Crippen molar-refractivity contribution in [2.75, 3.05) is 27.2 Å². The molecule has 3 N–H and O–H groups in total. The number of rotatable bonds is 7. The van der Waals surface area contributed by atoms with Crippen molar-refractivity contribution in [3.63, 3.8) is 0 Å². The molecule has 4 rings (SSSR count). The maximum atomic E-state index is 11.5. The maximum Gasteiger partial charge on any atom is 0.320 e. The molecule has 7 heteroatoms. The number of fused-ring (bicyclic) bond motifs is 1. The quantitative estimate of drug-likeness (QED) is 0.663. The van der Waals surface area contributed by atoms with Gasteiger partial charge in [0.1, 0.15) is 18.5 Å². The van der Waals surface area contributed by atoms with Gasteiger partial charge in [0.2, 0.25) is 0 Å². The molecule has 0 bridgehead atoms. The van der Waals surface area contributed by atoms with Gasteiger partial charge >= 0.3 is 6.03 Å². The third-order valence-electron chi connectivity index (χ3n) is 4.82. The number of likely N-dealkylation sites (N-methyl/N-ethyl adjacent to an activating group) is 1. The van der Waals surface area contributed by atoms with Crippen LogP contribution in [0.5, 0.6) is 5.75 Å². The number of urea groups is 1. The summed E-state index contributed by atoms with van der Waals surface area (Å²) in [7, 11) is 4.05. The van der Waals surface area contributed by atoms with E-state index in [0.29, 0.717) is 6.61 Å². The molecule has 1 aromatic heterocycles. The van der Waals surface area contributed by atoms with E-state index >= 15 is 0 Å². The highest BCUT2D eigenvalue weighted by molar-refractivity contribution is 5.81. The van der Waals surface area contributed by atoms with E-state index in [0.717, 1.165) is 40.4 Å². The summed E-state index contributed by atoms with van der Waals surface area (Å²) in [5.41, 5.74) is 4.88. The third-order valence-corrected chi connectivity index (χ3v) is 4.82. The Labute approximate surface area is 176 Å². The SMILES string of the molecule is CN(C)CCOc1ccc(C=Cc2cc(C3=CC4=CNC(=O)NC4N3)ccn2)cc1. The summed E-state index contributed by atoms with van der Waals surface area (Å²) in [6.45, 7) is 1.55. The van der Waals surface area contributed by atoms with E-state index in [2.05, 4.69) is 25.8 Å². The largest absolute Gasteiger partial charge is 0.492 e. The van der Waals surface area contributed by atoms with Crippen LogP contribution in [0.1, 0.15) is 16.8 Å². The molecule has 2 aliphatic rings. The fourth-order valence-electron chi connectivity index (χ4n) is 3.17. The first-order chi connectivity index (χ1) is 14.6. The molecular formula is C23H25N5O2. The Balaban J connectivity index is 1.40. The zero-order chi connectivity index (χ0) is 20.9. The van der Waals surface area contributed by atoms with Gasteiger partial charge in [0, 0.05) is 35.8 Å². The normalized spacial score (nSPS) is 17.7. The van der Waals surface area contributed by atoms with Gasteiger partial charge in [0.05, 0.1) is 5.69 Å². The van der Waals surface area contributed by atoms with Crippen molar-refractivity contribution in [2.24, 2.45) is 0 Å². The van der Waals surface area contributed by atoms with E-state index in [-0.39, 0.29) is 12.2 Å². The number of benzene rings is 1. The lowest BCUT2D eigenvalue weighted by Crippen LogP contribution is -2.49. The molecule has 1 atom stereocenters. The van der Waals surface area contributed by atoms with E-state index in [1.54, 1.807) is 12.4 Å². The van der Waals surface area contributed by atoms with Gasteiger partial charge in [-0.1, -0.05) is 18.2 Å². The monoisotopic (exact) mass is 403 g/mol. The van der Waals surface area contributed by atoms with Gasteiger partial charge in [-0.05, 0) is 56.1 Å². The predicted octanol–water partition coefficient (Wildman–Crippen LogP) is 2.66. The summed E-state index contributed by atoms with van der Waals surface area (Å²) in [6.07, 6.45) is 9.34. The smallest absolute Gasteiger partial charge is 0.320 e. The Morgan fingerprint density at radius 2 is 1.97 bits per heavy atom. The van der Waals surface area contributed by atoms with E-state index in [9.17, 15) is 4.79 Å². The van der Waals surface area contributed by atoms with Crippen molar-refractivity contribution >= 4 is 23.9 Å². The highest BCUT2D eigenvalue weighted by atomic mass is 16.5. The molecular weight excluding hydrogens is 378 g/mol. The van der Waals surface area contributed by atoms with Crippen molar-refractivity contribution in [2.45, 2.75) is 6.17 Å². The van der Waals surface area contributed by atoms with Crippen LogP contribution >= 0.6 is 0 Å². The average Bonchev–Trinajstić information content (AvgIpc) is 3.16. The van der Waals surface area contributed by atoms with Crippen molar-refractivity contribution in [3.05, 3.63) is 77.3 Å². The molecule has 154 valence electrons. The van der Waals surface area contributed by atoms with Crippen molar-refractivity contribution in [1.29, 1.82) is 0 Å². The summed E-state index contributed by atoms with van der Waals surface area (Å²) >= 11 is 0. The van der Waals surface area contributed by atoms with Crippen LogP contribution in [0, 0.1) is 0 Å². The van der Waals surface area contributed by atoms with Crippen molar-refractivity contribution in [3.8, 4) is 5.75 Å². The first-order valence-corrected chi connectivity index (χ1v) is 9.84. The Morgan fingerprint density at radius 1 is 1.13 bits per heavy atom. The zero-order valence-electron chi connectivity index (χ0n) is 17.1. The van der Waals surface area contributed by atoms with Gasteiger partial charge in [-0.3, -0.25) is 4.98 Å². The first kappa shape index (κ1) is 19.7. The minimum Gasteiger partial charge on any atom is -0.492 e. The number of carbonyl (C=O) groups excluding carboxylic acids is 1. The Hall–Kier alpha value is -3.58. The lowest BCUT2D eigenvalue weighted by Gasteiger charge is -2.20. The molecule has 2 amide bonds. The number of aromatic nitrogens is 1. The molecule has 1 unspecified atom stereocenters. The van der Waals surface area contributed by atoms with Crippen LogP contribution in [-0.4, -0.2) is 49.3 Å². The second-order valence-electron chi connectivity index (χ2n) is 7.42. The number of nitrogens with one attached hydrogen (secondary N) is 3. The maximum absolute atomic E-state index is 11.5. The van der Waals surface area contributed by atoms with Gasteiger partial charge in [-0.15, -0.1) is 0 Å². The minimum atomic E-state index is -0.210. The fraction of sp³-hybridized carbons (Fsp3) is 0.217. The number of nitrogens with zero attached hydrogens (tertiary/aromatic N) is 2. The molecule has 0 fully saturated rings. The van der Waals surface area contributed by atoms with Crippen LogP contribution in [0.2, 0.25) is 0 Å². The highest BCUT2D eigenvalue weighted by Crippen LogP contribution is 2.24. The Bertz CT molecular complexity index is 1010. The second kappa shape index (κ2) is 8.84. The standard InChI is InChI=1S/C23H25N5O2/c1-28(2)11-12-30-20-7-4-16(5-8-20)3-6-19-13-17(9-10-24-19)21-14-18-15-25-23(29)27-22(18)26-21/h3-10,13-15,22,26H,11-12H2,1-2H3,(H2,25,27,29). The van der Waals surface area contributed by atoms with Gasteiger partial charge < -0.3 is 25.6 Å². The summed E-state index contributed by atoms with van der Waals surface area (Å²) < 4.78 is 5.73. The molecule has 30 heavy (non-hydrogen) atoms. The van der Waals surface area contributed by atoms with Crippen LogP contribution < -0.4 is 20.7 Å². The van der Waals surface area contributed by atoms with E-state index in [4.69, 9.17) is 4.74 Å². The van der Waals surface area contributed by atoms with Crippen LogP contribution in [0.3, 0.4) is 0 Å². The minimum absolute atomic E-state index is 0.195. The number of amides is 2. The van der Waals surface area contributed by atoms with Crippen LogP contribution in [0.25, 0.3) is 17.8 Å². The van der Waals surface area contributed by atoms with Crippen molar-refractivity contribution in [1.82, 2.24) is 25.8 Å². The molecule has 0 saturated carbocycles. The lowest BCUT2D eigenvalue weighted by atomic mass is 10.1. The van der Waals surface area contributed by atoms with Crippen LogP contribution in [-0.2, 0) is 0 Å². The zero-order valence-corrected chi connectivity index (χ0v) is 17.1. The predicted molar refractivity (Wildman–Crippen MR) is 118 cm³/mol. The molecule has 3 heterocycles. The lowest BCUT2D eigenvalue weighted by molar-refractivity contribution is 0.239. The molecule has 1 aromatic carbocycles. The molecule has 2 aliphatic heterocycles.